The zero-order valence-electron chi connectivity index (χ0n) is 14.0. The number of anilines is 2. The van der Waals surface area contributed by atoms with E-state index in [1.54, 1.807) is 17.1 Å². The van der Waals surface area contributed by atoms with E-state index in [0.717, 1.165) is 29.8 Å². The van der Waals surface area contributed by atoms with Crippen LogP contribution in [0.5, 0.6) is 0 Å². The van der Waals surface area contributed by atoms with E-state index in [2.05, 4.69) is 45.5 Å². The van der Waals surface area contributed by atoms with Crippen molar-refractivity contribution in [2.45, 2.75) is 26.3 Å². The predicted molar refractivity (Wildman–Crippen MR) is 95.8 cm³/mol. The van der Waals surface area contributed by atoms with Crippen molar-refractivity contribution in [2.75, 3.05) is 5.32 Å². The molecule has 0 fully saturated rings. The molecule has 1 aromatic carbocycles. The average Bonchev–Trinajstić information content (AvgIpc) is 3.00. The van der Waals surface area contributed by atoms with Crippen LogP contribution in [0.25, 0.3) is 11.3 Å². The van der Waals surface area contributed by atoms with Gasteiger partial charge in [-0.1, -0.05) is 25.5 Å². The molecule has 0 aliphatic carbocycles. The highest BCUT2D eigenvalue weighted by molar-refractivity contribution is 5.63. The molecule has 0 saturated heterocycles. The van der Waals surface area contributed by atoms with Crippen molar-refractivity contribution in [3.8, 4) is 11.3 Å². The molecular formula is C18H22N6. The SMILES string of the molecule is CCCc1cc(-c2ccnc(Nc3cnn(C)c3)n2)ccc1CN. The van der Waals surface area contributed by atoms with Gasteiger partial charge in [0.05, 0.1) is 17.6 Å². The summed E-state index contributed by atoms with van der Waals surface area (Å²) in [5, 5.41) is 7.30. The van der Waals surface area contributed by atoms with Crippen LogP contribution in [-0.2, 0) is 20.0 Å². The topological polar surface area (TPSA) is 81.7 Å². The summed E-state index contributed by atoms with van der Waals surface area (Å²) in [6, 6.07) is 8.26. The molecule has 6 nitrogen and oxygen atoms in total. The first kappa shape index (κ1) is 16.1. The number of nitrogens with zero attached hydrogens (tertiary/aromatic N) is 4. The van der Waals surface area contributed by atoms with Crippen LogP contribution < -0.4 is 11.1 Å². The van der Waals surface area contributed by atoms with Gasteiger partial charge in [-0.05, 0) is 29.7 Å². The molecule has 0 bridgehead atoms. The third-order valence-electron chi connectivity index (χ3n) is 3.86. The third kappa shape index (κ3) is 3.60. The molecule has 0 aliphatic heterocycles. The van der Waals surface area contributed by atoms with Gasteiger partial charge in [0.1, 0.15) is 0 Å². The summed E-state index contributed by atoms with van der Waals surface area (Å²) in [4.78, 5) is 8.90. The standard InChI is InChI=1S/C18H22N6/c1-3-4-13-9-14(5-6-15(13)10-19)17-7-8-20-18(23-17)22-16-11-21-24(2)12-16/h5-9,11-12H,3-4,10,19H2,1-2H3,(H,20,22,23). The van der Waals surface area contributed by atoms with Gasteiger partial charge in [-0.15, -0.1) is 0 Å². The van der Waals surface area contributed by atoms with Gasteiger partial charge in [-0.2, -0.15) is 5.10 Å². The maximum Gasteiger partial charge on any atom is 0.227 e. The van der Waals surface area contributed by atoms with E-state index in [-0.39, 0.29) is 0 Å². The van der Waals surface area contributed by atoms with Crippen LogP contribution in [0.3, 0.4) is 0 Å². The van der Waals surface area contributed by atoms with Crippen molar-refractivity contribution in [1.82, 2.24) is 19.7 Å². The van der Waals surface area contributed by atoms with Gasteiger partial charge >= 0.3 is 0 Å². The number of nitrogens with one attached hydrogen (secondary N) is 1. The molecule has 0 aliphatic rings. The summed E-state index contributed by atoms with van der Waals surface area (Å²) >= 11 is 0. The fourth-order valence-electron chi connectivity index (χ4n) is 2.68. The summed E-state index contributed by atoms with van der Waals surface area (Å²) in [5.41, 5.74) is 11.1. The van der Waals surface area contributed by atoms with Gasteiger partial charge in [-0.25, -0.2) is 9.97 Å². The maximum atomic E-state index is 5.84. The fourth-order valence-corrected chi connectivity index (χ4v) is 2.68. The number of aromatic nitrogens is 4. The number of benzene rings is 1. The average molecular weight is 322 g/mol. The van der Waals surface area contributed by atoms with E-state index in [1.165, 1.54) is 11.1 Å². The molecule has 124 valence electrons. The Morgan fingerprint density at radius 1 is 1.21 bits per heavy atom. The summed E-state index contributed by atoms with van der Waals surface area (Å²) < 4.78 is 1.73. The Morgan fingerprint density at radius 2 is 2.08 bits per heavy atom. The Hall–Kier alpha value is -2.73. The van der Waals surface area contributed by atoms with Gasteiger partial charge in [0.2, 0.25) is 5.95 Å². The largest absolute Gasteiger partial charge is 0.326 e. The lowest BCUT2D eigenvalue weighted by Crippen LogP contribution is -2.02. The lowest BCUT2D eigenvalue weighted by atomic mass is 9.99. The Kier molecular flexibility index (Phi) is 4.86. The number of nitrogens with two attached hydrogens (primary N) is 1. The first-order valence-electron chi connectivity index (χ1n) is 8.10. The van der Waals surface area contributed by atoms with Gasteiger partial charge in [-0.3, -0.25) is 4.68 Å². The van der Waals surface area contributed by atoms with E-state index in [1.807, 2.05) is 19.3 Å². The van der Waals surface area contributed by atoms with Crippen LogP contribution in [0.1, 0.15) is 24.5 Å². The Morgan fingerprint density at radius 3 is 2.79 bits per heavy atom. The fraction of sp³-hybridized carbons (Fsp3) is 0.278. The second-order valence-electron chi connectivity index (χ2n) is 5.73. The highest BCUT2D eigenvalue weighted by Gasteiger charge is 2.07. The van der Waals surface area contributed by atoms with Crippen LogP contribution in [0.15, 0.2) is 42.9 Å². The molecule has 0 atom stereocenters. The molecule has 3 N–H and O–H groups in total. The van der Waals surface area contributed by atoms with Gasteiger partial charge in [0.25, 0.3) is 0 Å². The molecule has 0 saturated carbocycles. The molecule has 3 aromatic rings. The highest BCUT2D eigenvalue weighted by atomic mass is 15.3. The van der Waals surface area contributed by atoms with Crippen molar-refractivity contribution < 1.29 is 0 Å². The first-order chi connectivity index (χ1) is 11.7. The van der Waals surface area contributed by atoms with Crippen LogP contribution in [0, 0.1) is 0 Å². The van der Waals surface area contributed by atoms with Crippen LogP contribution in [0.2, 0.25) is 0 Å². The Labute approximate surface area is 141 Å². The predicted octanol–water partition coefficient (Wildman–Crippen LogP) is 3.03. The van der Waals surface area contributed by atoms with E-state index in [0.29, 0.717) is 12.5 Å². The van der Waals surface area contributed by atoms with Crippen LogP contribution in [-0.4, -0.2) is 19.7 Å². The Balaban J connectivity index is 1.89. The van der Waals surface area contributed by atoms with E-state index in [4.69, 9.17) is 5.73 Å². The van der Waals surface area contributed by atoms with Crippen molar-refractivity contribution in [1.29, 1.82) is 0 Å². The number of hydrogen-bond donors (Lipinski definition) is 2. The molecular weight excluding hydrogens is 300 g/mol. The zero-order valence-corrected chi connectivity index (χ0v) is 14.0. The van der Waals surface area contributed by atoms with Gasteiger partial charge < -0.3 is 11.1 Å². The number of rotatable bonds is 6. The molecule has 24 heavy (non-hydrogen) atoms. The summed E-state index contributed by atoms with van der Waals surface area (Å²) in [7, 11) is 1.87. The molecule has 2 aromatic heterocycles. The molecule has 2 heterocycles. The molecule has 0 spiro atoms. The molecule has 3 rings (SSSR count). The van der Waals surface area contributed by atoms with Crippen LogP contribution >= 0.6 is 0 Å². The van der Waals surface area contributed by atoms with Crippen molar-refractivity contribution in [3.05, 3.63) is 54.0 Å². The quantitative estimate of drug-likeness (QED) is 0.729. The molecule has 0 amide bonds. The van der Waals surface area contributed by atoms with Gasteiger partial charge in [0, 0.05) is 31.5 Å². The van der Waals surface area contributed by atoms with Gasteiger partial charge in [0.15, 0.2) is 0 Å². The maximum absolute atomic E-state index is 5.84. The summed E-state index contributed by atoms with van der Waals surface area (Å²) in [6.45, 7) is 2.74. The lowest BCUT2D eigenvalue weighted by molar-refractivity contribution is 0.768. The zero-order chi connectivity index (χ0) is 16.9. The first-order valence-corrected chi connectivity index (χ1v) is 8.10. The minimum absolute atomic E-state index is 0.556. The molecule has 0 unspecified atom stereocenters. The van der Waals surface area contributed by atoms with E-state index < -0.39 is 0 Å². The van der Waals surface area contributed by atoms with Crippen molar-refractivity contribution in [2.24, 2.45) is 12.8 Å². The molecule has 0 radical (unpaired) electrons. The summed E-state index contributed by atoms with van der Waals surface area (Å²) in [5.74, 6) is 0.556. The van der Waals surface area contributed by atoms with Crippen LogP contribution in [0.4, 0.5) is 11.6 Å². The molecule has 6 heteroatoms. The number of hydrogen-bond acceptors (Lipinski definition) is 5. The summed E-state index contributed by atoms with van der Waals surface area (Å²) in [6.07, 6.45) is 7.49. The normalized spacial score (nSPS) is 10.8. The lowest BCUT2D eigenvalue weighted by Gasteiger charge is -2.10. The smallest absolute Gasteiger partial charge is 0.227 e. The van der Waals surface area contributed by atoms with Crippen molar-refractivity contribution in [3.63, 3.8) is 0 Å². The third-order valence-corrected chi connectivity index (χ3v) is 3.86. The monoisotopic (exact) mass is 322 g/mol. The second kappa shape index (κ2) is 7.23. The number of aryl methyl sites for hydroxylation is 2. The van der Waals surface area contributed by atoms with E-state index >= 15 is 0 Å². The Bertz CT molecular complexity index is 824. The minimum atomic E-state index is 0.556. The highest BCUT2D eigenvalue weighted by Crippen LogP contribution is 2.23. The van der Waals surface area contributed by atoms with Crippen molar-refractivity contribution >= 4 is 11.6 Å². The minimum Gasteiger partial charge on any atom is -0.326 e. The van der Waals surface area contributed by atoms with E-state index in [9.17, 15) is 0 Å². The second-order valence-corrected chi connectivity index (χ2v) is 5.73.